The molecule has 0 spiro atoms. The van der Waals surface area contributed by atoms with E-state index in [1.165, 1.54) is 83.7 Å². The normalized spacial score (nSPS) is 36.9. The summed E-state index contributed by atoms with van der Waals surface area (Å²) in [5.74, 6) is 1.39. The van der Waals surface area contributed by atoms with E-state index in [1.807, 2.05) is 0 Å². The maximum atomic E-state index is 11.3. The average Bonchev–Trinajstić information content (AvgIpc) is 2.98. The second-order valence-electron chi connectivity index (χ2n) is 7.84. The van der Waals surface area contributed by atoms with Crippen molar-refractivity contribution in [2.75, 3.05) is 13.1 Å². The van der Waals surface area contributed by atoms with Gasteiger partial charge in [-0.05, 0) is 63.5 Å². The summed E-state index contributed by atoms with van der Waals surface area (Å²) in [5.41, 5.74) is 0.155. The highest BCUT2D eigenvalue weighted by Crippen LogP contribution is 2.45. The Hall–Kier alpha value is -0.0800. The van der Waals surface area contributed by atoms with E-state index in [9.17, 15) is 5.11 Å². The monoisotopic (exact) mass is 279 g/mol. The molecule has 3 fully saturated rings. The SMILES string of the molecule is CC1CCCC(C(O)C2(N3CCCCC3)CCCC2)C1. The zero-order valence-corrected chi connectivity index (χ0v) is 13.3. The predicted octanol–water partition coefficient (Wildman–Crippen LogP) is 3.97. The molecule has 0 aromatic rings. The van der Waals surface area contributed by atoms with Crippen LogP contribution in [0.5, 0.6) is 0 Å². The van der Waals surface area contributed by atoms with Crippen LogP contribution in [0.15, 0.2) is 0 Å². The minimum absolute atomic E-state index is 0.0640. The van der Waals surface area contributed by atoms with Gasteiger partial charge in [-0.15, -0.1) is 0 Å². The van der Waals surface area contributed by atoms with E-state index in [0.717, 1.165) is 5.92 Å². The van der Waals surface area contributed by atoms with Crippen molar-refractivity contribution in [2.24, 2.45) is 11.8 Å². The molecule has 2 saturated carbocycles. The number of aliphatic hydroxyl groups excluding tert-OH is 1. The third-order valence-corrected chi connectivity index (χ3v) is 6.43. The van der Waals surface area contributed by atoms with Gasteiger partial charge < -0.3 is 5.11 Å². The van der Waals surface area contributed by atoms with Crippen LogP contribution < -0.4 is 0 Å². The van der Waals surface area contributed by atoms with E-state index in [4.69, 9.17) is 0 Å². The lowest BCUT2D eigenvalue weighted by Crippen LogP contribution is -2.59. The van der Waals surface area contributed by atoms with Gasteiger partial charge in [0, 0.05) is 5.54 Å². The van der Waals surface area contributed by atoms with Crippen LogP contribution in [0.1, 0.15) is 77.6 Å². The Morgan fingerprint density at radius 2 is 1.65 bits per heavy atom. The van der Waals surface area contributed by atoms with Crippen LogP contribution in [-0.2, 0) is 0 Å². The van der Waals surface area contributed by atoms with Crippen molar-refractivity contribution in [2.45, 2.75) is 89.2 Å². The first-order valence-corrected chi connectivity index (χ1v) is 9.15. The highest BCUT2D eigenvalue weighted by Gasteiger charge is 2.48. The highest BCUT2D eigenvalue weighted by atomic mass is 16.3. The lowest BCUT2D eigenvalue weighted by molar-refractivity contribution is -0.0767. The van der Waals surface area contributed by atoms with Crippen molar-refractivity contribution < 1.29 is 5.11 Å². The lowest BCUT2D eigenvalue weighted by Gasteiger charge is -2.49. The van der Waals surface area contributed by atoms with Gasteiger partial charge in [0.15, 0.2) is 0 Å². The summed E-state index contributed by atoms with van der Waals surface area (Å²) in [4.78, 5) is 2.70. The summed E-state index contributed by atoms with van der Waals surface area (Å²) in [6, 6.07) is 0. The standard InChI is InChI=1S/C18H33NO/c1-15-8-7-9-16(14-15)17(20)18(10-3-4-11-18)19-12-5-2-6-13-19/h15-17,20H,2-14H2,1H3. The number of aliphatic hydroxyl groups is 1. The summed E-state index contributed by atoms with van der Waals surface area (Å²) in [5, 5.41) is 11.3. The fraction of sp³-hybridized carbons (Fsp3) is 1.00. The van der Waals surface area contributed by atoms with Crippen LogP contribution in [0.25, 0.3) is 0 Å². The molecule has 3 atom stereocenters. The maximum Gasteiger partial charge on any atom is 0.0752 e. The van der Waals surface area contributed by atoms with Crippen molar-refractivity contribution in [1.29, 1.82) is 0 Å². The third-order valence-electron chi connectivity index (χ3n) is 6.43. The molecular weight excluding hydrogens is 246 g/mol. The molecule has 1 aliphatic heterocycles. The van der Waals surface area contributed by atoms with Crippen LogP contribution in [0.2, 0.25) is 0 Å². The summed E-state index contributed by atoms with van der Waals surface area (Å²) in [7, 11) is 0. The Morgan fingerprint density at radius 1 is 0.950 bits per heavy atom. The zero-order chi connectivity index (χ0) is 14.0. The number of piperidine rings is 1. The van der Waals surface area contributed by atoms with Crippen LogP contribution in [0.4, 0.5) is 0 Å². The molecule has 1 heterocycles. The molecule has 0 amide bonds. The lowest BCUT2D eigenvalue weighted by atomic mass is 9.72. The van der Waals surface area contributed by atoms with Gasteiger partial charge in [0.2, 0.25) is 0 Å². The zero-order valence-electron chi connectivity index (χ0n) is 13.3. The van der Waals surface area contributed by atoms with Crippen molar-refractivity contribution in [3.8, 4) is 0 Å². The van der Waals surface area contributed by atoms with Crippen molar-refractivity contribution in [1.82, 2.24) is 4.90 Å². The van der Waals surface area contributed by atoms with Crippen LogP contribution in [0.3, 0.4) is 0 Å². The minimum atomic E-state index is -0.0640. The van der Waals surface area contributed by atoms with Gasteiger partial charge >= 0.3 is 0 Å². The molecule has 3 aliphatic rings. The Labute approximate surface area is 124 Å². The summed E-state index contributed by atoms with van der Waals surface area (Å²) < 4.78 is 0. The quantitative estimate of drug-likeness (QED) is 0.845. The summed E-state index contributed by atoms with van der Waals surface area (Å²) in [6.07, 6.45) is 14.4. The van der Waals surface area contributed by atoms with Gasteiger partial charge in [-0.1, -0.05) is 39.0 Å². The van der Waals surface area contributed by atoms with Gasteiger partial charge in [-0.25, -0.2) is 0 Å². The molecule has 2 nitrogen and oxygen atoms in total. The predicted molar refractivity (Wildman–Crippen MR) is 83.8 cm³/mol. The fourth-order valence-electron chi connectivity index (χ4n) is 5.33. The molecule has 116 valence electrons. The Kier molecular flexibility index (Phi) is 4.72. The van der Waals surface area contributed by atoms with Crippen molar-refractivity contribution in [3.63, 3.8) is 0 Å². The van der Waals surface area contributed by atoms with Gasteiger partial charge in [0.1, 0.15) is 0 Å². The smallest absolute Gasteiger partial charge is 0.0752 e. The Balaban J connectivity index is 1.74. The molecule has 1 saturated heterocycles. The topological polar surface area (TPSA) is 23.5 Å². The molecule has 3 unspecified atom stereocenters. The van der Waals surface area contributed by atoms with Crippen LogP contribution >= 0.6 is 0 Å². The number of hydrogen-bond donors (Lipinski definition) is 1. The third kappa shape index (κ3) is 2.78. The first-order valence-electron chi connectivity index (χ1n) is 9.15. The van der Waals surface area contributed by atoms with E-state index in [-0.39, 0.29) is 11.6 Å². The number of nitrogens with zero attached hydrogens (tertiary/aromatic N) is 1. The molecule has 3 rings (SSSR count). The summed E-state index contributed by atoms with van der Waals surface area (Å²) in [6.45, 7) is 4.85. The van der Waals surface area contributed by atoms with E-state index in [1.54, 1.807) is 0 Å². The molecular formula is C18H33NO. The molecule has 0 aromatic heterocycles. The molecule has 0 radical (unpaired) electrons. The van der Waals surface area contributed by atoms with E-state index < -0.39 is 0 Å². The van der Waals surface area contributed by atoms with Crippen LogP contribution in [0, 0.1) is 11.8 Å². The molecule has 1 N–H and O–H groups in total. The Bertz CT molecular complexity index is 305. The molecule has 2 aliphatic carbocycles. The van der Waals surface area contributed by atoms with E-state index >= 15 is 0 Å². The van der Waals surface area contributed by atoms with E-state index in [2.05, 4.69) is 11.8 Å². The molecule has 2 heteroatoms. The first-order chi connectivity index (χ1) is 9.72. The second kappa shape index (κ2) is 6.36. The second-order valence-corrected chi connectivity index (χ2v) is 7.84. The highest BCUT2D eigenvalue weighted by molar-refractivity contribution is 5.03. The molecule has 20 heavy (non-hydrogen) atoms. The minimum Gasteiger partial charge on any atom is -0.391 e. The first kappa shape index (κ1) is 14.8. The van der Waals surface area contributed by atoms with Gasteiger partial charge in [-0.3, -0.25) is 4.90 Å². The molecule has 0 aromatic carbocycles. The molecule has 0 bridgehead atoms. The Morgan fingerprint density at radius 3 is 2.30 bits per heavy atom. The average molecular weight is 279 g/mol. The number of rotatable bonds is 3. The van der Waals surface area contributed by atoms with E-state index in [0.29, 0.717) is 5.92 Å². The van der Waals surface area contributed by atoms with Gasteiger partial charge in [0.25, 0.3) is 0 Å². The number of hydrogen-bond acceptors (Lipinski definition) is 2. The van der Waals surface area contributed by atoms with Crippen LogP contribution in [-0.4, -0.2) is 34.7 Å². The van der Waals surface area contributed by atoms with Gasteiger partial charge in [-0.2, -0.15) is 0 Å². The van der Waals surface area contributed by atoms with Crippen molar-refractivity contribution in [3.05, 3.63) is 0 Å². The largest absolute Gasteiger partial charge is 0.391 e. The number of likely N-dealkylation sites (tertiary alicyclic amines) is 1. The maximum absolute atomic E-state index is 11.3. The summed E-state index contributed by atoms with van der Waals surface area (Å²) >= 11 is 0. The van der Waals surface area contributed by atoms with Crippen molar-refractivity contribution >= 4 is 0 Å². The van der Waals surface area contributed by atoms with Gasteiger partial charge in [0.05, 0.1) is 6.10 Å². The fourth-order valence-corrected chi connectivity index (χ4v) is 5.33.